The Morgan fingerprint density at radius 3 is 2.52 bits per heavy atom. The van der Waals surface area contributed by atoms with Gasteiger partial charge in [0.1, 0.15) is 5.54 Å². The molecule has 2 fully saturated rings. The van der Waals surface area contributed by atoms with Gasteiger partial charge in [0.2, 0.25) is 0 Å². The molecule has 1 heterocycles. The average Bonchev–Trinajstić information content (AvgIpc) is 2.79. The van der Waals surface area contributed by atoms with Crippen LogP contribution < -0.4 is 11.1 Å². The van der Waals surface area contributed by atoms with Gasteiger partial charge >= 0.3 is 6.03 Å². The number of ketones is 1. The van der Waals surface area contributed by atoms with E-state index in [1.54, 1.807) is 11.9 Å². The Morgan fingerprint density at radius 2 is 1.96 bits per heavy atom. The minimum absolute atomic E-state index is 0.161. The van der Waals surface area contributed by atoms with Crippen molar-refractivity contribution in [3.63, 3.8) is 0 Å². The highest BCUT2D eigenvalue weighted by atomic mass is 16.2. The van der Waals surface area contributed by atoms with Crippen molar-refractivity contribution < 1.29 is 14.4 Å². The molecule has 2 rings (SSSR count). The molecular formula is C18H32N4O3. The normalized spacial score (nSPS) is 26.4. The van der Waals surface area contributed by atoms with Gasteiger partial charge < -0.3 is 16.0 Å². The number of amides is 3. The zero-order valence-corrected chi connectivity index (χ0v) is 15.7. The first-order chi connectivity index (χ1) is 11.9. The third-order valence-corrected chi connectivity index (χ3v) is 5.99. The summed E-state index contributed by atoms with van der Waals surface area (Å²) in [5.74, 6) is -0.617. The first-order valence-corrected chi connectivity index (χ1v) is 9.41. The van der Waals surface area contributed by atoms with E-state index in [2.05, 4.69) is 5.32 Å². The summed E-state index contributed by atoms with van der Waals surface area (Å²) >= 11 is 0. The molecule has 0 bridgehead atoms. The van der Waals surface area contributed by atoms with Crippen LogP contribution in [0.1, 0.15) is 46.0 Å². The van der Waals surface area contributed by atoms with Gasteiger partial charge in [0.25, 0.3) is 5.91 Å². The molecule has 1 aliphatic carbocycles. The maximum absolute atomic E-state index is 13.1. The first-order valence-electron chi connectivity index (χ1n) is 9.41. The third kappa shape index (κ3) is 3.72. The number of hydrogen-bond donors (Lipinski definition) is 2. The molecule has 1 saturated carbocycles. The van der Waals surface area contributed by atoms with Crippen LogP contribution in [-0.2, 0) is 9.59 Å². The highest BCUT2D eigenvalue weighted by molar-refractivity contribution is 6.09. The van der Waals surface area contributed by atoms with Crippen LogP contribution in [-0.4, -0.2) is 66.3 Å². The van der Waals surface area contributed by atoms with Gasteiger partial charge in [-0.05, 0) is 32.2 Å². The highest BCUT2D eigenvalue weighted by Crippen LogP contribution is 2.40. The number of nitrogens with zero attached hydrogens (tertiary/aromatic N) is 2. The molecule has 25 heavy (non-hydrogen) atoms. The van der Waals surface area contributed by atoms with Crippen molar-refractivity contribution in [1.29, 1.82) is 0 Å². The number of rotatable bonds is 8. The molecule has 3 amide bonds. The number of hydrogen-bond acceptors (Lipinski definition) is 5. The maximum Gasteiger partial charge on any atom is 0.327 e. The van der Waals surface area contributed by atoms with E-state index >= 15 is 0 Å². The summed E-state index contributed by atoms with van der Waals surface area (Å²) in [6.07, 6.45) is 5.27. The van der Waals surface area contributed by atoms with E-state index in [9.17, 15) is 14.4 Å². The van der Waals surface area contributed by atoms with E-state index in [-0.39, 0.29) is 42.6 Å². The van der Waals surface area contributed by atoms with Crippen molar-refractivity contribution in [2.75, 3.05) is 33.2 Å². The lowest BCUT2D eigenvalue weighted by molar-refractivity contribution is -0.138. The Bertz CT molecular complexity index is 518. The van der Waals surface area contributed by atoms with E-state index in [1.807, 2.05) is 13.8 Å². The second-order valence-electron chi connectivity index (χ2n) is 7.42. The zero-order valence-electron chi connectivity index (χ0n) is 15.7. The van der Waals surface area contributed by atoms with E-state index in [0.717, 1.165) is 37.1 Å². The van der Waals surface area contributed by atoms with E-state index in [0.29, 0.717) is 6.54 Å². The Balaban J connectivity index is 2.12. The first kappa shape index (κ1) is 19.8. The lowest BCUT2D eigenvalue weighted by Gasteiger charge is -2.38. The molecule has 2 unspecified atom stereocenters. The highest BCUT2D eigenvalue weighted by Gasteiger charge is 2.56. The Hall–Kier alpha value is -1.47. The number of carbonyl (C=O) groups excluding carboxylic acids is 3. The van der Waals surface area contributed by atoms with Crippen LogP contribution in [0.25, 0.3) is 0 Å². The van der Waals surface area contributed by atoms with Gasteiger partial charge in [-0.15, -0.1) is 0 Å². The fraction of sp³-hybridized carbons (Fsp3) is 0.833. The molecule has 0 radical (unpaired) electrons. The summed E-state index contributed by atoms with van der Waals surface area (Å²) in [6.45, 7) is 5.05. The summed E-state index contributed by atoms with van der Waals surface area (Å²) in [5.41, 5.74) is 4.86. The molecule has 0 spiro atoms. The number of likely N-dealkylation sites (N-methyl/N-ethyl adjacent to an activating group) is 1. The molecule has 0 aromatic carbocycles. The van der Waals surface area contributed by atoms with Gasteiger partial charge in [-0.25, -0.2) is 4.79 Å². The van der Waals surface area contributed by atoms with Crippen LogP contribution in [0.5, 0.6) is 0 Å². The fourth-order valence-electron chi connectivity index (χ4n) is 4.07. The maximum atomic E-state index is 13.1. The Morgan fingerprint density at radius 1 is 1.32 bits per heavy atom. The largest absolute Gasteiger partial charge is 0.330 e. The number of nitrogens with two attached hydrogens (primary N) is 1. The minimum atomic E-state index is -0.836. The molecule has 1 aliphatic heterocycles. The lowest BCUT2D eigenvalue weighted by Crippen LogP contribution is -2.52. The quantitative estimate of drug-likeness (QED) is 0.635. The van der Waals surface area contributed by atoms with Crippen LogP contribution in [0.15, 0.2) is 0 Å². The predicted molar refractivity (Wildman–Crippen MR) is 95.9 cm³/mol. The SMILES string of the molecule is CCNCC(CN)C(=O)CN1C(=O)N(C)C(C)(C2CCCCC2)C1=O. The molecule has 0 aromatic heterocycles. The molecule has 7 heteroatoms. The summed E-state index contributed by atoms with van der Waals surface area (Å²) in [4.78, 5) is 40.9. The summed E-state index contributed by atoms with van der Waals surface area (Å²) in [5, 5.41) is 3.10. The van der Waals surface area contributed by atoms with Crippen LogP contribution in [0.4, 0.5) is 4.79 Å². The van der Waals surface area contributed by atoms with E-state index in [4.69, 9.17) is 5.73 Å². The monoisotopic (exact) mass is 352 g/mol. The number of urea groups is 1. The van der Waals surface area contributed by atoms with Crippen molar-refractivity contribution in [2.24, 2.45) is 17.6 Å². The molecule has 1 saturated heterocycles. The van der Waals surface area contributed by atoms with Crippen molar-refractivity contribution >= 4 is 17.7 Å². The molecule has 2 atom stereocenters. The molecule has 0 aromatic rings. The van der Waals surface area contributed by atoms with Gasteiger partial charge in [0.15, 0.2) is 5.78 Å². The van der Waals surface area contributed by atoms with Crippen molar-refractivity contribution in [1.82, 2.24) is 15.1 Å². The molecule has 142 valence electrons. The predicted octanol–water partition coefficient (Wildman–Crippen LogP) is 0.973. The van der Waals surface area contributed by atoms with Crippen LogP contribution in [0.2, 0.25) is 0 Å². The van der Waals surface area contributed by atoms with Gasteiger partial charge in [-0.3, -0.25) is 14.5 Å². The van der Waals surface area contributed by atoms with E-state index < -0.39 is 5.54 Å². The summed E-state index contributed by atoms with van der Waals surface area (Å²) < 4.78 is 0. The smallest absolute Gasteiger partial charge is 0.327 e. The molecule has 3 N–H and O–H groups in total. The van der Waals surface area contributed by atoms with Crippen molar-refractivity contribution in [3.05, 3.63) is 0 Å². The third-order valence-electron chi connectivity index (χ3n) is 5.99. The second kappa shape index (κ2) is 8.27. The lowest BCUT2D eigenvalue weighted by atomic mass is 9.75. The number of imide groups is 1. The summed E-state index contributed by atoms with van der Waals surface area (Å²) in [7, 11) is 1.68. The van der Waals surface area contributed by atoms with Crippen molar-refractivity contribution in [3.8, 4) is 0 Å². The van der Waals surface area contributed by atoms with Crippen molar-refractivity contribution in [2.45, 2.75) is 51.5 Å². The standard InChI is InChI=1S/C18H32N4O3/c1-4-20-11-13(10-19)15(23)12-22-16(24)18(2,21(3)17(22)25)14-8-6-5-7-9-14/h13-14,20H,4-12,19H2,1-3H3. The minimum Gasteiger partial charge on any atom is -0.330 e. The summed E-state index contributed by atoms with van der Waals surface area (Å²) in [6, 6.07) is -0.370. The number of nitrogens with one attached hydrogen (secondary N) is 1. The van der Waals surface area contributed by atoms with Crippen LogP contribution >= 0.6 is 0 Å². The van der Waals surface area contributed by atoms with Gasteiger partial charge in [0, 0.05) is 26.1 Å². The van der Waals surface area contributed by atoms with Crippen LogP contribution in [0.3, 0.4) is 0 Å². The van der Waals surface area contributed by atoms with Gasteiger partial charge in [0.05, 0.1) is 6.54 Å². The second-order valence-corrected chi connectivity index (χ2v) is 7.42. The average molecular weight is 352 g/mol. The molecule has 7 nitrogen and oxygen atoms in total. The fourth-order valence-corrected chi connectivity index (χ4v) is 4.07. The van der Waals surface area contributed by atoms with Gasteiger partial charge in [-0.1, -0.05) is 26.2 Å². The number of Topliss-reactive ketones (excluding diaryl/α,β-unsaturated/α-hetero) is 1. The Labute approximate surface area is 150 Å². The topological polar surface area (TPSA) is 95.7 Å². The van der Waals surface area contributed by atoms with Gasteiger partial charge in [-0.2, -0.15) is 0 Å². The number of carbonyl (C=O) groups is 3. The molecule has 2 aliphatic rings. The Kier molecular flexibility index (Phi) is 6.57. The van der Waals surface area contributed by atoms with Crippen LogP contribution in [0, 0.1) is 11.8 Å². The van der Waals surface area contributed by atoms with E-state index in [1.165, 1.54) is 6.42 Å². The molecular weight excluding hydrogens is 320 g/mol. The zero-order chi connectivity index (χ0) is 18.6.